The van der Waals surface area contributed by atoms with Crippen molar-refractivity contribution < 1.29 is 14.4 Å². The zero-order chi connectivity index (χ0) is 26.1. The van der Waals surface area contributed by atoms with Gasteiger partial charge in [0.15, 0.2) is 0 Å². The Morgan fingerprint density at radius 1 is 0.946 bits per heavy atom. The molecule has 7 heteroatoms. The van der Waals surface area contributed by atoms with E-state index >= 15 is 0 Å². The molecule has 4 aromatic rings. The monoisotopic (exact) mass is 511 g/mol. The molecule has 0 aliphatic carbocycles. The number of nitrogens with zero attached hydrogens (tertiary/aromatic N) is 2. The number of fused-ring (bicyclic) bond motifs is 1. The van der Waals surface area contributed by atoms with Crippen LogP contribution in [-0.4, -0.2) is 22.4 Å². The largest absolute Gasteiger partial charge is 0.342 e. The predicted molar refractivity (Wildman–Crippen MR) is 147 cm³/mol. The van der Waals surface area contributed by atoms with Crippen LogP contribution in [0.1, 0.15) is 42.9 Å². The van der Waals surface area contributed by atoms with Crippen LogP contribution in [0.3, 0.4) is 0 Å². The van der Waals surface area contributed by atoms with Crippen molar-refractivity contribution in [1.82, 2.24) is 9.88 Å². The summed E-state index contributed by atoms with van der Waals surface area (Å²) in [6, 6.07) is 22.0. The van der Waals surface area contributed by atoms with E-state index in [2.05, 4.69) is 23.7 Å². The maximum atomic E-state index is 13.4. The first kappa shape index (κ1) is 24.5. The molecule has 186 valence electrons. The minimum atomic E-state index is -0.756. The van der Waals surface area contributed by atoms with Gasteiger partial charge in [-0.1, -0.05) is 67.9 Å². The van der Waals surface area contributed by atoms with Gasteiger partial charge < -0.3 is 4.57 Å². The molecule has 1 aliphatic rings. The Morgan fingerprint density at radius 2 is 1.65 bits per heavy atom. The van der Waals surface area contributed by atoms with Crippen molar-refractivity contribution in [3.63, 3.8) is 0 Å². The summed E-state index contributed by atoms with van der Waals surface area (Å²) in [5.41, 5.74) is 4.18. The van der Waals surface area contributed by atoms with Gasteiger partial charge in [-0.2, -0.15) is 0 Å². The summed E-state index contributed by atoms with van der Waals surface area (Å²) in [4.78, 5) is 39.9. The molecule has 0 bridgehead atoms. The number of anilines is 1. The number of urea groups is 1. The van der Waals surface area contributed by atoms with Crippen LogP contribution in [0.25, 0.3) is 17.0 Å². The number of aromatic nitrogens is 1. The molecule has 1 aliphatic heterocycles. The topological polar surface area (TPSA) is 71.4 Å². The van der Waals surface area contributed by atoms with Crippen LogP contribution in [-0.2, 0) is 16.1 Å². The fourth-order valence-electron chi connectivity index (χ4n) is 4.54. The number of rotatable bonds is 6. The molecule has 1 atom stereocenters. The highest BCUT2D eigenvalue weighted by molar-refractivity contribution is 6.39. The molecule has 3 aromatic carbocycles. The maximum Gasteiger partial charge on any atom is 0.335 e. The summed E-state index contributed by atoms with van der Waals surface area (Å²) < 4.78 is 2.06. The summed E-state index contributed by atoms with van der Waals surface area (Å²) in [7, 11) is 0. The smallest absolute Gasteiger partial charge is 0.335 e. The lowest BCUT2D eigenvalue weighted by Gasteiger charge is -2.26. The summed E-state index contributed by atoms with van der Waals surface area (Å²) in [6.07, 6.45) is 4.45. The molecular weight excluding hydrogens is 486 g/mol. The van der Waals surface area contributed by atoms with Crippen LogP contribution in [0.2, 0.25) is 5.02 Å². The molecule has 1 aromatic heterocycles. The van der Waals surface area contributed by atoms with Crippen molar-refractivity contribution in [2.45, 2.75) is 32.7 Å². The van der Waals surface area contributed by atoms with E-state index in [9.17, 15) is 14.4 Å². The van der Waals surface area contributed by atoms with Gasteiger partial charge in [0.2, 0.25) is 0 Å². The van der Waals surface area contributed by atoms with Crippen molar-refractivity contribution >= 4 is 52.1 Å². The molecular formula is C30H26ClN3O3. The van der Waals surface area contributed by atoms with Crippen LogP contribution in [0.5, 0.6) is 0 Å². The molecule has 37 heavy (non-hydrogen) atoms. The summed E-state index contributed by atoms with van der Waals surface area (Å²) in [5.74, 6) is -1.00. The van der Waals surface area contributed by atoms with E-state index in [1.807, 2.05) is 66.9 Å². The van der Waals surface area contributed by atoms with Crippen molar-refractivity contribution in [1.29, 1.82) is 0 Å². The third-order valence-corrected chi connectivity index (χ3v) is 7.07. The lowest BCUT2D eigenvalue weighted by atomic mass is 9.98. The van der Waals surface area contributed by atoms with Crippen LogP contribution in [0.15, 0.2) is 84.6 Å². The zero-order valence-electron chi connectivity index (χ0n) is 20.6. The molecule has 1 fully saturated rings. The highest BCUT2D eigenvalue weighted by Crippen LogP contribution is 2.28. The number of hydrogen-bond acceptors (Lipinski definition) is 3. The molecule has 6 nitrogen and oxygen atoms in total. The van der Waals surface area contributed by atoms with Gasteiger partial charge in [0, 0.05) is 34.2 Å². The third kappa shape index (κ3) is 4.80. The van der Waals surface area contributed by atoms with E-state index in [1.165, 1.54) is 0 Å². The fraction of sp³-hybridized carbons (Fsp3) is 0.167. The van der Waals surface area contributed by atoms with Crippen LogP contribution in [0, 0.1) is 0 Å². The molecule has 0 spiro atoms. The molecule has 4 amide bonds. The minimum absolute atomic E-state index is 0.0972. The Hall–Kier alpha value is -4.16. The first-order valence-electron chi connectivity index (χ1n) is 12.2. The number of para-hydroxylation sites is 1. The van der Waals surface area contributed by atoms with Crippen molar-refractivity contribution in [3.05, 3.63) is 106 Å². The van der Waals surface area contributed by atoms with Gasteiger partial charge in [-0.3, -0.25) is 14.9 Å². The van der Waals surface area contributed by atoms with Crippen LogP contribution >= 0.6 is 11.6 Å². The molecule has 1 saturated heterocycles. The number of imide groups is 2. The summed E-state index contributed by atoms with van der Waals surface area (Å²) in [5, 5.41) is 3.88. The van der Waals surface area contributed by atoms with Gasteiger partial charge >= 0.3 is 6.03 Å². The maximum absolute atomic E-state index is 13.4. The predicted octanol–water partition coefficient (Wildman–Crippen LogP) is 6.52. The quantitative estimate of drug-likeness (QED) is 0.236. The van der Waals surface area contributed by atoms with E-state index in [0.29, 0.717) is 28.7 Å². The van der Waals surface area contributed by atoms with Crippen LogP contribution < -0.4 is 10.2 Å². The van der Waals surface area contributed by atoms with E-state index in [1.54, 1.807) is 18.2 Å². The second-order valence-corrected chi connectivity index (χ2v) is 9.65. The number of amides is 4. The van der Waals surface area contributed by atoms with Crippen molar-refractivity contribution in [3.8, 4) is 0 Å². The highest BCUT2D eigenvalue weighted by Gasteiger charge is 2.37. The Morgan fingerprint density at radius 3 is 2.35 bits per heavy atom. The van der Waals surface area contributed by atoms with Gasteiger partial charge in [0.05, 0.1) is 5.69 Å². The zero-order valence-corrected chi connectivity index (χ0v) is 21.3. The van der Waals surface area contributed by atoms with Gasteiger partial charge in [0.25, 0.3) is 11.8 Å². The Balaban J connectivity index is 1.51. The van der Waals surface area contributed by atoms with E-state index < -0.39 is 17.8 Å². The number of carbonyl (C=O) groups excluding carboxylic acids is 3. The highest BCUT2D eigenvalue weighted by atomic mass is 35.5. The number of halogens is 1. The lowest BCUT2D eigenvalue weighted by molar-refractivity contribution is -0.122. The van der Waals surface area contributed by atoms with Gasteiger partial charge in [-0.15, -0.1) is 0 Å². The molecule has 0 radical (unpaired) electrons. The lowest BCUT2D eigenvalue weighted by Crippen LogP contribution is -2.54. The number of nitrogens with one attached hydrogen (secondary N) is 1. The SMILES string of the molecule is CCC(C)c1ccc(N2C(=O)NC(=O)C(=Cc3cn(Cc4ccc(Cl)cc4)c4ccccc34)C2=O)cc1. The normalized spacial score (nSPS) is 15.9. The Bertz CT molecular complexity index is 1530. The van der Waals surface area contributed by atoms with Crippen LogP contribution in [0.4, 0.5) is 10.5 Å². The number of benzene rings is 3. The first-order chi connectivity index (χ1) is 17.9. The summed E-state index contributed by atoms with van der Waals surface area (Å²) >= 11 is 6.03. The average molecular weight is 512 g/mol. The second-order valence-electron chi connectivity index (χ2n) is 9.21. The number of carbonyl (C=O) groups is 3. The number of barbiturate groups is 1. The molecule has 1 unspecified atom stereocenters. The van der Waals surface area contributed by atoms with Gasteiger partial charge in [-0.05, 0) is 59.9 Å². The van der Waals surface area contributed by atoms with Crippen molar-refractivity contribution in [2.24, 2.45) is 0 Å². The minimum Gasteiger partial charge on any atom is -0.342 e. The summed E-state index contributed by atoms with van der Waals surface area (Å²) in [6.45, 7) is 4.82. The van der Waals surface area contributed by atoms with Gasteiger partial charge in [0.1, 0.15) is 5.57 Å². The Kier molecular flexibility index (Phi) is 6.68. The first-order valence-corrected chi connectivity index (χ1v) is 12.6. The van der Waals surface area contributed by atoms with E-state index in [0.717, 1.165) is 33.4 Å². The molecule has 1 N–H and O–H groups in total. The second kappa shape index (κ2) is 10.1. The standard InChI is InChI=1S/C30H26ClN3O3/c1-3-19(2)21-10-14-24(15-11-21)34-29(36)26(28(35)32-30(34)37)16-22-18-33(27-7-5-4-6-25(22)27)17-20-8-12-23(31)13-9-20/h4-16,18-19H,3,17H2,1-2H3,(H,32,35,37). The fourth-order valence-corrected chi connectivity index (χ4v) is 4.67. The molecule has 0 saturated carbocycles. The molecule has 5 rings (SSSR count). The Labute approximate surface area is 220 Å². The third-order valence-electron chi connectivity index (χ3n) is 6.82. The molecule has 2 heterocycles. The van der Waals surface area contributed by atoms with Gasteiger partial charge in [-0.25, -0.2) is 9.69 Å². The van der Waals surface area contributed by atoms with Crippen molar-refractivity contribution in [2.75, 3.05) is 4.90 Å². The van der Waals surface area contributed by atoms with E-state index in [4.69, 9.17) is 11.6 Å². The number of hydrogen-bond donors (Lipinski definition) is 1. The average Bonchev–Trinajstić information content (AvgIpc) is 3.24. The van der Waals surface area contributed by atoms with E-state index in [-0.39, 0.29) is 5.57 Å².